The molecule has 0 bridgehead atoms. The number of ether oxygens (including phenoxy) is 1. The topological polar surface area (TPSA) is 46.6 Å². The van der Waals surface area contributed by atoms with Gasteiger partial charge in [-0.2, -0.15) is 0 Å². The number of carbonyl (C=O) groups is 2. The number of benzene rings is 2. The van der Waals surface area contributed by atoms with E-state index in [9.17, 15) is 9.59 Å². The van der Waals surface area contributed by atoms with Crippen molar-refractivity contribution in [2.75, 3.05) is 6.61 Å². The second-order valence-corrected chi connectivity index (χ2v) is 8.14. The Kier molecular flexibility index (Phi) is 5.17. The van der Waals surface area contributed by atoms with E-state index in [4.69, 9.17) is 27.9 Å². The van der Waals surface area contributed by atoms with Gasteiger partial charge < -0.3 is 4.74 Å². The summed E-state index contributed by atoms with van der Waals surface area (Å²) in [5.74, 6) is 0.594. The van der Waals surface area contributed by atoms with Gasteiger partial charge in [0.25, 0.3) is 11.1 Å². The normalized spacial score (nSPS) is 18.0. The molecule has 0 N–H and O–H groups in total. The highest BCUT2D eigenvalue weighted by atomic mass is 35.5. The van der Waals surface area contributed by atoms with Gasteiger partial charge in [0.15, 0.2) is 0 Å². The maximum atomic E-state index is 12.7. The number of carbonyl (C=O) groups excluding carboxylic acids is 2. The van der Waals surface area contributed by atoms with Crippen LogP contribution in [-0.2, 0) is 17.8 Å². The summed E-state index contributed by atoms with van der Waals surface area (Å²) in [6, 6.07) is 10.9. The molecular weight excluding hydrogens is 405 g/mol. The number of fused-ring (bicyclic) bond motifs is 1. The summed E-state index contributed by atoms with van der Waals surface area (Å²) >= 11 is 12.9. The van der Waals surface area contributed by atoms with E-state index in [0.29, 0.717) is 15.0 Å². The zero-order valence-corrected chi connectivity index (χ0v) is 16.5. The van der Waals surface area contributed by atoms with E-state index in [1.54, 1.807) is 24.3 Å². The molecule has 0 unspecified atom stereocenters. The predicted octanol–water partition coefficient (Wildman–Crippen LogP) is 5.55. The van der Waals surface area contributed by atoms with Crippen LogP contribution in [0.4, 0.5) is 4.79 Å². The molecule has 2 amide bonds. The molecule has 0 aromatic heterocycles. The third-order valence-electron chi connectivity index (χ3n) is 4.43. The smallest absolute Gasteiger partial charge is 0.293 e. The summed E-state index contributed by atoms with van der Waals surface area (Å²) in [5.41, 5.74) is 2.77. The highest BCUT2D eigenvalue weighted by molar-refractivity contribution is 8.18. The molecule has 0 radical (unpaired) electrons. The Balaban J connectivity index is 1.55. The van der Waals surface area contributed by atoms with E-state index in [1.165, 1.54) is 4.90 Å². The van der Waals surface area contributed by atoms with Gasteiger partial charge in [-0.25, -0.2) is 0 Å². The SMILES string of the molecule is O=C1SC(=Cc2ccc3c(c2)CCCO3)C(=O)N1Cc1ccc(Cl)c(Cl)c1. The molecule has 2 aromatic carbocycles. The molecule has 2 aliphatic heterocycles. The number of rotatable bonds is 3. The Labute approximate surface area is 171 Å². The third kappa shape index (κ3) is 3.86. The van der Waals surface area contributed by atoms with Crippen LogP contribution in [0.3, 0.4) is 0 Å². The molecule has 1 fully saturated rings. The van der Waals surface area contributed by atoms with Crippen LogP contribution in [0.1, 0.15) is 23.1 Å². The maximum Gasteiger partial charge on any atom is 0.293 e. The van der Waals surface area contributed by atoms with Gasteiger partial charge in [-0.3, -0.25) is 14.5 Å². The average molecular weight is 420 g/mol. The number of imide groups is 1. The van der Waals surface area contributed by atoms with Crippen LogP contribution in [0.5, 0.6) is 5.75 Å². The molecule has 0 aliphatic carbocycles. The summed E-state index contributed by atoms with van der Waals surface area (Å²) in [7, 11) is 0. The summed E-state index contributed by atoms with van der Waals surface area (Å²) in [6.07, 6.45) is 3.70. The molecule has 0 saturated carbocycles. The largest absolute Gasteiger partial charge is 0.493 e. The molecule has 4 nitrogen and oxygen atoms in total. The van der Waals surface area contributed by atoms with E-state index >= 15 is 0 Å². The lowest BCUT2D eigenvalue weighted by atomic mass is 10.0. The van der Waals surface area contributed by atoms with Gasteiger partial charge in [0, 0.05) is 0 Å². The Bertz CT molecular complexity index is 974. The zero-order valence-electron chi connectivity index (χ0n) is 14.2. The van der Waals surface area contributed by atoms with E-state index in [2.05, 4.69) is 0 Å². The van der Waals surface area contributed by atoms with Crippen LogP contribution in [-0.4, -0.2) is 22.7 Å². The van der Waals surface area contributed by atoms with E-state index in [1.807, 2.05) is 18.2 Å². The lowest BCUT2D eigenvalue weighted by molar-refractivity contribution is -0.123. The van der Waals surface area contributed by atoms with E-state index in [-0.39, 0.29) is 17.7 Å². The monoisotopic (exact) mass is 419 g/mol. The molecule has 2 aliphatic rings. The highest BCUT2D eigenvalue weighted by Crippen LogP contribution is 2.35. The molecule has 138 valence electrons. The minimum atomic E-state index is -0.301. The maximum absolute atomic E-state index is 12.7. The first-order valence-electron chi connectivity index (χ1n) is 8.46. The average Bonchev–Trinajstić information content (AvgIpc) is 2.92. The van der Waals surface area contributed by atoms with Crippen LogP contribution in [0.15, 0.2) is 41.3 Å². The second-order valence-electron chi connectivity index (χ2n) is 6.34. The quantitative estimate of drug-likeness (QED) is 0.611. The third-order valence-corrected chi connectivity index (χ3v) is 6.08. The van der Waals surface area contributed by atoms with Gasteiger partial charge in [0.05, 0.1) is 28.1 Å². The zero-order chi connectivity index (χ0) is 19.0. The first kappa shape index (κ1) is 18.4. The summed E-state index contributed by atoms with van der Waals surface area (Å²) in [4.78, 5) is 26.7. The lowest BCUT2D eigenvalue weighted by Gasteiger charge is -2.17. The first-order chi connectivity index (χ1) is 13.0. The number of hydrogen-bond donors (Lipinski definition) is 0. The van der Waals surface area contributed by atoms with Crippen LogP contribution in [0.25, 0.3) is 6.08 Å². The fraction of sp³-hybridized carbons (Fsp3) is 0.200. The van der Waals surface area contributed by atoms with Gasteiger partial charge in [-0.1, -0.05) is 35.3 Å². The Morgan fingerprint density at radius 3 is 2.78 bits per heavy atom. The predicted molar refractivity (Wildman–Crippen MR) is 108 cm³/mol. The summed E-state index contributed by atoms with van der Waals surface area (Å²) in [5, 5.41) is 0.539. The summed E-state index contributed by atoms with van der Waals surface area (Å²) in [6.45, 7) is 0.900. The fourth-order valence-corrected chi connectivity index (χ4v) is 4.24. The van der Waals surface area contributed by atoms with Crippen molar-refractivity contribution in [1.82, 2.24) is 4.90 Å². The molecule has 27 heavy (non-hydrogen) atoms. The molecule has 0 spiro atoms. The Hall–Kier alpha value is -1.95. The number of amides is 2. The van der Waals surface area contributed by atoms with Gasteiger partial charge in [-0.15, -0.1) is 0 Å². The van der Waals surface area contributed by atoms with Crippen molar-refractivity contribution in [3.05, 3.63) is 68.0 Å². The van der Waals surface area contributed by atoms with Crippen molar-refractivity contribution in [2.45, 2.75) is 19.4 Å². The first-order valence-corrected chi connectivity index (χ1v) is 10.0. The van der Waals surface area contributed by atoms with Crippen molar-refractivity contribution < 1.29 is 14.3 Å². The molecular formula is C20H15Cl2NO3S. The van der Waals surface area contributed by atoms with Gasteiger partial charge >= 0.3 is 0 Å². The highest BCUT2D eigenvalue weighted by Gasteiger charge is 2.35. The molecule has 2 heterocycles. The van der Waals surface area contributed by atoms with Gasteiger partial charge in [-0.05, 0) is 71.6 Å². The standard InChI is InChI=1S/C20H15Cl2NO3S/c21-15-5-3-13(9-16(15)22)11-23-19(24)18(27-20(23)25)10-12-4-6-17-14(8-12)2-1-7-26-17/h3-6,8-10H,1-2,7,11H2. The van der Waals surface area contributed by atoms with Crippen molar-refractivity contribution in [3.8, 4) is 5.75 Å². The number of aryl methyl sites for hydroxylation is 1. The van der Waals surface area contributed by atoms with Crippen molar-refractivity contribution in [3.63, 3.8) is 0 Å². The van der Waals surface area contributed by atoms with Crippen molar-refractivity contribution >= 4 is 52.2 Å². The van der Waals surface area contributed by atoms with E-state index in [0.717, 1.165) is 53.7 Å². The van der Waals surface area contributed by atoms with Crippen molar-refractivity contribution in [2.24, 2.45) is 0 Å². The van der Waals surface area contributed by atoms with Crippen LogP contribution < -0.4 is 4.74 Å². The Morgan fingerprint density at radius 2 is 1.96 bits per heavy atom. The minimum Gasteiger partial charge on any atom is -0.493 e. The second kappa shape index (κ2) is 7.58. The minimum absolute atomic E-state index is 0.164. The van der Waals surface area contributed by atoms with Crippen LogP contribution in [0.2, 0.25) is 10.0 Å². The molecule has 1 saturated heterocycles. The number of hydrogen-bond acceptors (Lipinski definition) is 4. The molecule has 7 heteroatoms. The fourth-order valence-electron chi connectivity index (χ4n) is 3.08. The number of halogens is 2. The molecule has 0 atom stereocenters. The lowest BCUT2D eigenvalue weighted by Crippen LogP contribution is -2.27. The van der Waals surface area contributed by atoms with E-state index < -0.39 is 0 Å². The van der Waals surface area contributed by atoms with Crippen molar-refractivity contribution in [1.29, 1.82) is 0 Å². The van der Waals surface area contributed by atoms with Gasteiger partial charge in [0.2, 0.25) is 0 Å². The van der Waals surface area contributed by atoms with Crippen LogP contribution >= 0.6 is 35.0 Å². The molecule has 2 aromatic rings. The van der Waals surface area contributed by atoms with Crippen LogP contribution in [0, 0.1) is 0 Å². The van der Waals surface area contributed by atoms with Gasteiger partial charge in [0.1, 0.15) is 5.75 Å². The summed E-state index contributed by atoms with van der Waals surface area (Å²) < 4.78 is 5.61. The molecule has 4 rings (SSSR count). The Morgan fingerprint density at radius 1 is 1.11 bits per heavy atom. The number of thioether (sulfide) groups is 1. The number of nitrogens with zero attached hydrogens (tertiary/aromatic N) is 1.